The predicted molar refractivity (Wildman–Crippen MR) is 68.6 cm³/mol. The topological polar surface area (TPSA) is 29.3 Å². The van der Waals surface area contributed by atoms with Crippen LogP contribution in [0.4, 0.5) is 4.39 Å². The molecule has 1 aliphatic heterocycles. The maximum Gasteiger partial charge on any atom is 0.110 e. The molecule has 1 aromatic carbocycles. The van der Waals surface area contributed by atoms with Gasteiger partial charge in [-0.3, -0.25) is 4.90 Å². The largest absolute Gasteiger partial charge is 0.329 e. The number of alkyl halides is 1. The number of hydrogen-bond acceptors (Lipinski definition) is 2. The standard InChI is InChI=1S/C14H21FN2/c1-14(15)7-9-17(10-8-14)13(11-16)12-5-3-2-4-6-12/h2-6,13H,7-11,16H2,1H3. The second-order valence-corrected chi connectivity index (χ2v) is 5.11. The monoisotopic (exact) mass is 236 g/mol. The lowest BCUT2D eigenvalue weighted by atomic mass is 9.93. The third-order valence-corrected chi connectivity index (χ3v) is 3.69. The van der Waals surface area contributed by atoms with Crippen LogP contribution in [0.1, 0.15) is 31.4 Å². The van der Waals surface area contributed by atoms with Crippen LogP contribution in [-0.2, 0) is 0 Å². The van der Waals surface area contributed by atoms with Crippen molar-refractivity contribution in [2.45, 2.75) is 31.5 Å². The van der Waals surface area contributed by atoms with Crippen LogP contribution >= 0.6 is 0 Å². The van der Waals surface area contributed by atoms with Gasteiger partial charge in [-0.15, -0.1) is 0 Å². The van der Waals surface area contributed by atoms with E-state index >= 15 is 0 Å². The number of rotatable bonds is 3. The molecule has 1 aliphatic rings. The van der Waals surface area contributed by atoms with E-state index in [1.807, 2.05) is 18.2 Å². The normalized spacial score (nSPS) is 22.3. The summed E-state index contributed by atoms with van der Waals surface area (Å²) in [6.07, 6.45) is 1.21. The Bertz CT molecular complexity index is 340. The lowest BCUT2D eigenvalue weighted by molar-refractivity contribution is 0.0526. The molecule has 17 heavy (non-hydrogen) atoms. The average Bonchev–Trinajstić information content (AvgIpc) is 2.33. The van der Waals surface area contributed by atoms with Crippen molar-refractivity contribution >= 4 is 0 Å². The van der Waals surface area contributed by atoms with Crippen molar-refractivity contribution in [2.75, 3.05) is 19.6 Å². The van der Waals surface area contributed by atoms with Gasteiger partial charge in [0.1, 0.15) is 5.67 Å². The van der Waals surface area contributed by atoms with E-state index in [0.717, 1.165) is 13.1 Å². The molecule has 1 atom stereocenters. The zero-order valence-electron chi connectivity index (χ0n) is 10.4. The summed E-state index contributed by atoms with van der Waals surface area (Å²) in [5, 5.41) is 0. The fourth-order valence-corrected chi connectivity index (χ4v) is 2.47. The van der Waals surface area contributed by atoms with Crippen molar-refractivity contribution in [3.63, 3.8) is 0 Å². The van der Waals surface area contributed by atoms with Gasteiger partial charge in [0.2, 0.25) is 0 Å². The van der Waals surface area contributed by atoms with Gasteiger partial charge < -0.3 is 5.73 Å². The number of benzene rings is 1. The first-order chi connectivity index (χ1) is 8.12. The van der Waals surface area contributed by atoms with Gasteiger partial charge in [-0.1, -0.05) is 30.3 Å². The van der Waals surface area contributed by atoms with E-state index in [-0.39, 0.29) is 6.04 Å². The quantitative estimate of drug-likeness (QED) is 0.873. The minimum Gasteiger partial charge on any atom is -0.329 e. The predicted octanol–water partition coefficient (Wildman–Crippen LogP) is 2.51. The van der Waals surface area contributed by atoms with Crippen LogP contribution in [0.5, 0.6) is 0 Å². The fourth-order valence-electron chi connectivity index (χ4n) is 2.47. The van der Waals surface area contributed by atoms with Gasteiger partial charge in [-0.25, -0.2) is 4.39 Å². The van der Waals surface area contributed by atoms with Gasteiger partial charge in [-0.05, 0) is 25.3 Å². The highest BCUT2D eigenvalue weighted by Gasteiger charge is 2.32. The first kappa shape index (κ1) is 12.5. The molecule has 2 N–H and O–H groups in total. The van der Waals surface area contributed by atoms with E-state index in [1.54, 1.807) is 6.92 Å². The summed E-state index contributed by atoms with van der Waals surface area (Å²) in [4.78, 5) is 2.30. The lowest BCUT2D eigenvalue weighted by Gasteiger charge is -2.38. The Morgan fingerprint density at radius 2 is 1.88 bits per heavy atom. The van der Waals surface area contributed by atoms with Crippen LogP contribution in [-0.4, -0.2) is 30.2 Å². The smallest absolute Gasteiger partial charge is 0.110 e. The summed E-state index contributed by atoms with van der Waals surface area (Å²) in [7, 11) is 0. The summed E-state index contributed by atoms with van der Waals surface area (Å²) in [6.45, 7) is 3.88. The molecule has 1 aromatic rings. The summed E-state index contributed by atoms with van der Waals surface area (Å²) < 4.78 is 13.8. The van der Waals surface area contributed by atoms with Crippen molar-refractivity contribution in [3.05, 3.63) is 35.9 Å². The third-order valence-electron chi connectivity index (χ3n) is 3.69. The van der Waals surface area contributed by atoms with Crippen molar-refractivity contribution < 1.29 is 4.39 Å². The molecule has 0 aromatic heterocycles. The Morgan fingerprint density at radius 1 is 1.29 bits per heavy atom. The van der Waals surface area contributed by atoms with Crippen LogP contribution in [0.3, 0.4) is 0 Å². The Kier molecular flexibility index (Phi) is 3.79. The molecule has 0 saturated carbocycles. The molecular weight excluding hydrogens is 215 g/mol. The first-order valence-electron chi connectivity index (χ1n) is 6.30. The molecule has 94 valence electrons. The second-order valence-electron chi connectivity index (χ2n) is 5.11. The maximum atomic E-state index is 13.8. The summed E-state index contributed by atoms with van der Waals surface area (Å²) in [6, 6.07) is 10.5. The van der Waals surface area contributed by atoms with Crippen molar-refractivity contribution in [1.29, 1.82) is 0 Å². The number of likely N-dealkylation sites (tertiary alicyclic amines) is 1. The highest BCUT2D eigenvalue weighted by atomic mass is 19.1. The van der Waals surface area contributed by atoms with Crippen LogP contribution < -0.4 is 5.73 Å². The molecule has 3 heteroatoms. The SMILES string of the molecule is CC1(F)CCN(C(CN)c2ccccc2)CC1. The Labute approximate surface area is 103 Å². The minimum absolute atomic E-state index is 0.229. The van der Waals surface area contributed by atoms with E-state index < -0.39 is 5.67 Å². The van der Waals surface area contributed by atoms with Crippen molar-refractivity contribution in [3.8, 4) is 0 Å². The molecule has 1 unspecified atom stereocenters. The number of halogens is 1. The highest BCUT2D eigenvalue weighted by molar-refractivity contribution is 5.19. The molecule has 2 nitrogen and oxygen atoms in total. The molecule has 1 heterocycles. The van der Waals surface area contributed by atoms with E-state index in [1.165, 1.54) is 5.56 Å². The number of piperidine rings is 1. The summed E-state index contributed by atoms with van der Waals surface area (Å²) >= 11 is 0. The van der Waals surface area contributed by atoms with E-state index in [2.05, 4.69) is 17.0 Å². The molecule has 2 rings (SSSR count). The van der Waals surface area contributed by atoms with Gasteiger partial charge in [0.25, 0.3) is 0 Å². The van der Waals surface area contributed by atoms with E-state index in [0.29, 0.717) is 19.4 Å². The Hall–Kier alpha value is -0.930. The maximum absolute atomic E-state index is 13.8. The van der Waals surface area contributed by atoms with Gasteiger partial charge in [0, 0.05) is 25.7 Å². The lowest BCUT2D eigenvalue weighted by Crippen LogP contribution is -2.43. The molecule has 0 bridgehead atoms. The summed E-state index contributed by atoms with van der Waals surface area (Å²) in [5.41, 5.74) is 6.11. The van der Waals surface area contributed by atoms with Crippen molar-refractivity contribution in [1.82, 2.24) is 4.90 Å². The zero-order valence-corrected chi connectivity index (χ0v) is 10.4. The van der Waals surface area contributed by atoms with Crippen LogP contribution in [0.25, 0.3) is 0 Å². The molecule has 0 spiro atoms. The fraction of sp³-hybridized carbons (Fsp3) is 0.571. The first-order valence-corrected chi connectivity index (χ1v) is 6.30. The molecule has 0 aliphatic carbocycles. The molecule has 1 fully saturated rings. The minimum atomic E-state index is -0.994. The molecule has 0 amide bonds. The molecular formula is C14H21FN2. The van der Waals surface area contributed by atoms with Gasteiger partial charge >= 0.3 is 0 Å². The average molecular weight is 236 g/mol. The number of hydrogen-bond donors (Lipinski definition) is 1. The van der Waals surface area contributed by atoms with Crippen molar-refractivity contribution in [2.24, 2.45) is 5.73 Å². The van der Waals surface area contributed by atoms with Gasteiger partial charge in [0.15, 0.2) is 0 Å². The Balaban J connectivity index is 2.05. The highest BCUT2D eigenvalue weighted by Crippen LogP contribution is 2.30. The zero-order chi connectivity index (χ0) is 12.3. The second kappa shape index (κ2) is 5.15. The van der Waals surface area contributed by atoms with Gasteiger partial charge in [0.05, 0.1) is 0 Å². The Morgan fingerprint density at radius 3 is 2.41 bits per heavy atom. The summed E-state index contributed by atoms with van der Waals surface area (Å²) in [5.74, 6) is 0. The van der Waals surface area contributed by atoms with Crippen LogP contribution in [0.15, 0.2) is 30.3 Å². The van der Waals surface area contributed by atoms with E-state index in [9.17, 15) is 4.39 Å². The van der Waals surface area contributed by atoms with E-state index in [4.69, 9.17) is 5.73 Å². The third kappa shape index (κ3) is 3.05. The molecule has 1 saturated heterocycles. The van der Waals surface area contributed by atoms with Crippen LogP contribution in [0.2, 0.25) is 0 Å². The van der Waals surface area contributed by atoms with Gasteiger partial charge in [-0.2, -0.15) is 0 Å². The molecule has 0 radical (unpaired) electrons. The number of nitrogens with two attached hydrogens (primary N) is 1. The van der Waals surface area contributed by atoms with Crippen LogP contribution in [0, 0.1) is 0 Å². The number of nitrogens with zero attached hydrogens (tertiary/aromatic N) is 1.